The fraction of sp³-hybridized carbons (Fsp3) is 0.0952. The molecule has 1 N–H and O–H groups in total. The lowest BCUT2D eigenvalue weighted by Gasteiger charge is -2.12. The van der Waals surface area contributed by atoms with Crippen molar-refractivity contribution in [1.82, 2.24) is 0 Å². The van der Waals surface area contributed by atoms with Crippen LogP contribution in [0.2, 0.25) is 0 Å². The van der Waals surface area contributed by atoms with Gasteiger partial charge in [0.1, 0.15) is 17.3 Å². The van der Waals surface area contributed by atoms with Crippen LogP contribution < -0.4 is 19.5 Å². The molecule has 0 atom stereocenters. The molecular weight excluding hydrogens is 346 g/mol. The van der Waals surface area contributed by atoms with E-state index < -0.39 is 0 Å². The molecule has 0 aliphatic heterocycles. The van der Waals surface area contributed by atoms with Crippen LogP contribution in [0.1, 0.15) is 5.76 Å². The SMILES string of the molecule is COc1ccc(Oc2cc(NC(=O)/C=C\c3ccco3)ccc2OC)cc1. The first-order chi connectivity index (χ1) is 13.2. The Morgan fingerprint density at radius 3 is 2.41 bits per heavy atom. The van der Waals surface area contributed by atoms with Crippen LogP contribution in [0.5, 0.6) is 23.0 Å². The Labute approximate surface area is 157 Å². The second kappa shape index (κ2) is 8.62. The van der Waals surface area contributed by atoms with Crippen LogP contribution in [0.4, 0.5) is 5.69 Å². The van der Waals surface area contributed by atoms with Gasteiger partial charge in [-0.2, -0.15) is 0 Å². The van der Waals surface area contributed by atoms with Crippen LogP contribution in [0.25, 0.3) is 6.08 Å². The summed E-state index contributed by atoms with van der Waals surface area (Å²) < 4.78 is 21.5. The number of ether oxygens (including phenoxy) is 3. The van der Waals surface area contributed by atoms with Gasteiger partial charge in [-0.15, -0.1) is 0 Å². The Bertz CT molecular complexity index is 914. The number of nitrogens with one attached hydrogen (secondary N) is 1. The number of hydrogen-bond acceptors (Lipinski definition) is 5. The Morgan fingerprint density at radius 1 is 0.963 bits per heavy atom. The molecule has 1 heterocycles. The molecule has 0 fully saturated rings. The first kappa shape index (κ1) is 18.1. The summed E-state index contributed by atoms with van der Waals surface area (Å²) in [6.45, 7) is 0. The van der Waals surface area contributed by atoms with Gasteiger partial charge in [-0.25, -0.2) is 0 Å². The third-order valence-corrected chi connectivity index (χ3v) is 3.66. The maximum absolute atomic E-state index is 12.1. The second-order valence-electron chi connectivity index (χ2n) is 5.48. The van der Waals surface area contributed by atoms with E-state index in [9.17, 15) is 4.79 Å². The van der Waals surface area contributed by atoms with Crippen LogP contribution in [-0.4, -0.2) is 20.1 Å². The van der Waals surface area contributed by atoms with E-state index in [1.165, 1.54) is 6.08 Å². The van der Waals surface area contributed by atoms with E-state index in [0.717, 1.165) is 5.75 Å². The third kappa shape index (κ3) is 4.92. The van der Waals surface area contributed by atoms with E-state index in [1.807, 2.05) is 0 Å². The summed E-state index contributed by atoms with van der Waals surface area (Å²) in [4.78, 5) is 12.1. The Morgan fingerprint density at radius 2 is 1.74 bits per heavy atom. The lowest BCUT2D eigenvalue weighted by Crippen LogP contribution is -2.07. The zero-order valence-electron chi connectivity index (χ0n) is 15.0. The maximum Gasteiger partial charge on any atom is 0.248 e. The van der Waals surface area contributed by atoms with Crippen LogP contribution in [0.15, 0.2) is 71.4 Å². The quantitative estimate of drug-likeness (QED) is 0.612. The number of anilines is 1. The molecule has 0 saturated carbocycles. The van der Waals surface area contributed by atoms with Gasteiger partial charge in [0.2, 0.25) is 5.91 Å². The van der Waals surface area contributed by atoms with E-state index in [2.05, 4.69) is 5.32 Å². The van der Waals surface area contributed by atoms with Crippen molar-refractivity contribution in [2.75, 3.05) is 19.5 Å². The van der Waals surface area contributed by atoms with Crippen molar-refractivity contribution < 1.29 is 23.4 Å². The van der Waals surface area contributed by atoms with Gasteiger partial charge in [0.15, 0.2) is 11.5 Å². The summed E-state index contributed by atoms with van der Waals surface area (Å²) in [6.07, 6.45) is 4.53. The molecule has 1 amide bonds. The lowest BCUT2D eigenvalue weighted by atomic mass is 10.2. The molecule has 3 rings (SSSR count). The number of hydrogen-bond donors (Lipinski definition) is 1. The maximum atomic E-state index is 12.1. The third-order valence-electron chi connectivity index (χ3n) is 3.66. The van der Waals surface area contributed by atoms with Gasteiger partial charge in [0.05, 0.1) is 20.5 Å². The summed E-state index contributed by atoms with van der Waals surface area (Å²) in [5.74, 6) is 2.70. The summed E-state index contributed by atoms with van der Waals surface area (Å²) >= 11 is 0. The minimum atomic E-state index is -0.285. The molecule has 0 aliphatic carbocycles. The van der Waals surface area contributed by atoms with E-state index in [-0.39, 0.29) is 5.91 Å². The minimum absolute atomic E-state index is 0.285. The van der Waals surface area contributed by atoms with E-state index in [1.54, 1.807) is 81.2 Å². The summed E-state index contributed by atoms with van der Waals surface area (Å²) in [7, 11) is 3.16. The molecule has 138 valence electrons. The molecule has 0 spiro atoms. The van der Waals surface area contributed by atoms with Crippen molar-refractivity contribution >= 4 is 17.7 Å². The largest absolute Gasteiger partial charge is 0.497 e. The summed E-state index contributed by atoms with van der Waals surface area (Å²) in [5.41, 5.74) is 0.577. The molecule has 1 aromatic heterocycles. The van der Waals surface area contributed by atoms with Gasteiger partial charge in [-0.05, 0) is 54.6 Å². The molecule has 0 unspecified atom stereocenters. The van der Waals surface area contributed by atoms with Crippen molar-refractivity contribution in [1.29, 1.82) is 0 Å². The molecule has 6 heteroatoms. The lowest BCUT2D eigenvalue weighted by molar-refractivity contribution is -0.111. The molecular formula is C21H19NO5. The average Bonchev–Trinajstić information content (AvgIpc) is 3.21. The molecule has 0 bridgehead atoms. The Hall–Kier alpha value is -3.67. The van der Waals surface area contributed by atoms with Crippen LogP contribution in [-0.2, 0) is 4.79 Å². The van der Waals surface area contributed by atoms with Gasteiger partial charge in [-0.1, -0.05) is 0 Å². The number of rotatable bonds is 7. The predicted octanol–water partition coefficient (Wildman–Crippen LogP) is 4.74. The first-order valence-electron chi connectivity index (χ1n) is 8.20. The topological polar surface area (TPSA) is 69.9 Å². The number of furan rings is 1. The van der Waals surface area contributed by atoms with E-state index in [0.29, 0.717) is 28.7 Å². The van der Waals surface area contributed by atoms with Gasteiger partial charge in [0.25, 0.3) is 0 Å². The van der Waals surface area contributed by atoms with Crippen molar-refractivity contribution in [3.63, 3.8) is 0 Å². The summed E-state index contributed by atoms with van der Waals surface area (Å²) in [5, 5.41) is 2.78. The highest BCUT2D eigenvalue weighted by molar-refractivity contribution is 6.01. The number of benzene rings is 2. The standard InChI is InChI=1S/C21H19NO5/c1-24-16-6-8-18(9-7-16)27-20-14-15(5-11-19(20)25-2)22-21(23)12-10-17-4-3-13-26-17/h3-14H,1-2H3,(H,22,23)/b12-10-. The highest BCUT2D eigenvalue weighted by atomic mass is 16.5. The Kier molecular flexibility index (Phi) is 5.79. The number of carbonyl (C=O) groups excluding carboxylic acids is 1. The van der Waals surface area contributed by atoms with Crippen molar-refractivity contribution in [3.8, 4) is 23.0 Å². The summed E-state index contributed by atoms with van der Waals surface area (Å²) in [6, 6.07) is 15.8. The number of carbonyl (C=O) groups is 1. The van der Waals surface area contributed by atoms with Gasteiger partial charge < -0.3 is 23.9 Å². The fourth-order valence-corrected chi connectivity index (χ4v) is 2.33. The van der Waals surface area contributed by atoms with Crippen molar-refractivity contribution in [2.24, 2.45) is 0 Å². The number of amides is 1. The smallest absolute Gasteiger partial charge is 0.248 e. The highest BCUT2D eigenvalue weighted by Gasteiger charge is 2.09. The van der Waals surface area contributed by atoms with Gasteiger partial charge in [0, 0.05) is 17.8 Å². The van der Waals surface area contributed by atoms with Gasteiger partial charge in [-0.3, -0.25) is 4.79 Å². The molecule has 2 aromatic carbocycles. The molecule has 3 aromatic rings. The zero-order chi connectivity index (χ0) is 19.1. The second-order valence-corrected chi connectivity index (χ2v) is 5.48. The molecule has 27 heavy (non-hydrogen) atoms. The molecule has 0 aliphatic rings. The molecule has 0 radical (unpaired) electrons. The monoisotopic (exact) mass is 365 g/mol. The van der Waals surface area contributed by atoms with Gasteiger partial charge >= 0.3 is 0 Å². The Balaban J connectivity index is 1.73. The predicted molar refractivity (Wildman–Crippen MR) is 102 cm³/mol. The van der Waals surface area contributed by atoms with E-state index >= 15 is 0 Å². The minimum Gasteiger partial charge on any atom is -0.497 e. The van der Waals surface area contributed by atoms with Crippen LogP contribution in [0.3, 0.4) is 0 Å². The molecule has 6 nitrogen and oxygen atoms in total. The highest BCUT2D eigenvalue weighted by Crippen LogP contribution is 2.34. The van der Waals surface area contributed by atoms with Crippen LogP contribution >= 0.6 is 0 Å². The normalized spacial score (nSPS) is 10.6. The fourth-order valence-electron chi connectivity index (χ4n) is 2.33. The average molecular weight is 365 g/mol. The number of methoxy groups -OCH3 is 2. The first-order valence-corrected chi connectivity index (χ1v) is 8.20. The van der Waals surface area contributed by atoms with Crippen LogP contribution in [0, 0.1) is 0 Å². The van der Waals surface area contributed by atoms with E-state index in [4.69, 9.17) is 18.6 Å². The van der Waals surface area contributed by atoms with Crippen molar-refractivity contribution in [3.05, 3.63) is 72.7 Å². The zero-order valence-corrected chi connectivity index (χ0v) is 15.0. The van der Waals surface area contributed by atoms with Crippen molar-refractivity contribution in [2.45, 2.75) is 0 Å². The molecule has 0 saturated heterocycles.